The smallest absolute Gasteiger partial charge is 0.243 e. The lowest BCUT2D eigenvalue weighted by Gasteiger charge is -2.23. The van der Waals surface area contributed by atoms with Crippen molar-refractivity contribution in [2.75, 3.05) is 13.1 Å². The van der Waals surface area contributed by atoms with Gasteiger partial charge in [-0.3, -0.25) is 14.4 Å². The predicted molar refractivity (Wildman–Crippen MR) is 117 cm³/mol. The van der Waals surface area contributed by atoms with E-state index in [9.17, 15) is 14.4 Å². The van der Waals surface area contributed by atoms with Crippen LogP contribution in [0.15, 0.2) is 0 Å². The molecule has 0 rings (SSSR count). The van der Waals surface area contributed by atoms with Crippen LogP contribution in [0, 0.1) is 5.92 Å². The van der Waals surface area contributed by atoms with E-state index in [1.54, 1.807) is 0 Å². The predicted octanol–water partition coefficient (Wildman–Crippen LogP) is 0.736. The highest BCUT2D eigenvalue weighted by Gasteiger charge is 2.26. The van der Waals surface area contributed by atoms with Crippen LogP contribution in [0.5, 0.6) is 0 Å². The first-order chi connectivity index (χ1) is 13.7. The Morgan fingerprint density at radius 2 is 1.59 bits per heavy atom. The molecule has 2 amide bonds. The van der Waals surface area contributed by atoms with Crippen molar-refractivity contribution in [3.05, 3.63) is 0 Å². The molecule has 169 valence electrons. The summed E-state index contributed by atoms with van der Waals surface area (Å²) in [6.45, 7) is 9.53. The average Bonchev–Trinajstić information content (AvgIpc) is 2.65. The molecule has 7 N–H and O–H groups in total. The molecule has 0 saturated carbocycles. The van der Waals surface area contributed by atoms with Crippen molar-refractivity contribution in [2.45, 2.75) is 96.8 Å². The number of nitrogens with two attached hydrogens (primary N) is 2. The molecule has 0 aromatic carbocycles. The standard InChI is InChI=1S/C21H42N5O3/c1-15(2)13-19(26-20(28)18(23)10-5-7-11-22)21(29)25-17(14-27)9-6-8-12-24-16(3)4/h15-19,24H,5-13,22-23H2,1-4H3,(H,25,29)(H,26,28)/t17-,18-,19-/m0/s1. The monoisotopic (exact) mass is 412 g/mol. The van der Waals surface area contributed by atoms with E-state index in [0.717, 1.165) is 32.2 Å². The lowest BCUT2D eigenvalue weighted by molar-refractivity contribution is -0.130. The fourth-order valence-electron chi connectivity index (χ4n) is 2.92. The number of rotatable bonds is 17. The van der Waals surface area contributed by atoms with Crippen LogP contribution in [0.1, 0.15) is 72.6 Å². The third kappa shape index (κ3) is 14.2. The molecule has 0 unspecified atom stereocenters. The molecule has 8 heteroatoms. The molecular weight excluding hydrogens is 370 g/mol. The minimum atomic E-state index is -0.721. The molecule has 0 aliphatic heterocycles. The first-order valence-electron chi connectivity index (χ1n) is 10.9. The van der Waals surface area contributed by atoms with Crippen molar-refractivity contribution >= 4 is 18.1 Å². The number of carbonyl (C=O) groups excluding carboxylic acids is 3. The van der Waals surface area contributed by atoms with Crippen LogP contribution in [0.4, 0.5) is 0 Å². The molecule has 0 saturated heterocycles. The van der Waals surface area contributed by atoms with E-state index in [-0.39, 0.29) is 17.7 Å². The van der Waals surface area contributed by atoms with Crippen LogP contribution in [-0.4, -0.2) is 55.4 Å². The summed E-state index contributed by atoms with van der Waals surface area (Å²) in [5, 5.41) is 8.78. The Balaban J connectivity index is 4.63. The SMILES string of the molecule is CC(C)C[C@H](NC(=O)[C@@H](N)CCCCN)C(=O)N[C@H]([C]=O)CCCCNC(C)C. The van der Waals surface area contributed by atoms with E-state index in [1.165, 1.54) is 0 Å². The molecule has 0 aliphatic carbocycles. The Labute approximate surface area is 176 Å². The second-order valence-corrected chi connectivity index (χ2v) is 8.37. The van der Waals surface area contributed by atoms with E-state index < -0.39 is 18.1 Å². The Morgan fingerprint density at radius 3 is 2.14 bits per heavy atom. The minimum Gasteiger partial charge on any atom is -0.344 e. The van der Waals surface area contributed by atoms with Gasteiger partial charge in [-0.2, -0.15) is 0 Å². The fraction of sp³-hybridized carbons (Fsp3) is 0.857. The van der Waals surface area contributed by atoms with E-state index in [2.05, 4.69) is 29.8 Å². The molecule has 0 heterocycles. The van der Waals surface area contributed by atoms with Crippen molar-refractivity contribution in [3.63, 3.8) is 0 Å². The lowest BCUT2D eigenvalue weighted by atomic mass is 10.0. The van der Waals surface area contributed by atoms with Gasteiger partial charge in [0.1, 0.15) is 6.04 Å². The Hall–Kier alpha value is -1.51. The molecule has 0 spiro atoms. The Bertz CT molecular complexity index is 471. The highest BCUT2D eigenvalue weighted by Crippen LogP contribution is 2.08. The van der Waals surface area contributed by atoms with Crippen molar-refractivity contribution in [1.29, 1.82) is 0 Å². The highest BCUT2D eigenvalue weighted by molar-refractivity contribution is 5.90. The molecule has 3 atom stereocenters. The molecule has 8 nitrogen and oxygen atoms in total. The van der Waals surface area contributed by atoms with Gasteiger partial charge in [0, 0.05) is 6.04 Å². The van der Waals surface area contributed by atoms with Gasteiger partial charge in [-0.1, -0.05) is 34.1 Å². The van der Waals surface area contributed by atoms with Crippen LogP contribution < -0.4 is 27.4 Å². The maximum atomic E-state index is 12.7. The number of amides is 2. The lowest BCUT2D eigenvalue weighted by Crippen LogP contribution is -2.53. The molecule has 29 heavy (non-hydrogen) atoms. The number of nitrogens with one attached hydrogen (secondary N) is 3. The van der Waals surface area contributed by atoms with Gasteiger partial charge in [0.2, 0.25) is 18.1 Å². The Kier molecular flexibility index (Phi) is 15.5. The molecule has 0 aromatic rings. The van der Waals surface area contributed by atoms with E-state index in [0.29, 0.717) is 31.8 Å². The second-order valence-electron chi connectivity index (χ2n) is 8.37. The largest absolute Gasteiger partial charge is 0.344 e. The number of unbranched alkanes of at least 4 members (excludes halogenated alkanes) is 2. The topological polar surface area (TPSA) is 139 Å². The number of hydrogen-bond donors (Lipinski definition) is 5. The van der Waals surface area contributed by atoms with E-state index in [4.69, 9.17) is 11.5 Å². The molecule has 0 fully saturated rings. The third-order valence-corrected chi connectivity index (χ3v) is 4.58. The van der Waals surface area contributed by atoms with Crippen molar-refractivity contribution in [3.8, 4) is 0 Å². The number of carbonyl (C=O) groups is 2. The zero-order valence-corrected chi connectivity index (χ0v) is 18.6. The van der Waals surface area contributed by atoms with Gasteiger partial charge >= 0.3 is 0 Å². The normalized spacial score (nSPS) is 14.5. The van der Waals surface area contributed by atoms with Crippen LogP contribution in [-0.2, 0) is 14.4 Å². The maximum Gasteiger partial charge on any atom is 0.243 e. The summed E-state index contributed by atoms with van der Waals surface area (Å²) in [5.74, 6) is -0.524. The maximum absolute atomic E-state index is 12.7. The van der Waals surface area contributed by atoms with Gasteiger partial charge in [0.15, 0.2) is 0 Å². The van der Waals surface area contributed by atoms with Gasteiger partial charge in [-0.25, -0.2) is 0 Å². The van der Waals surface area contributed by atoms with Gasteiger partial charge in [-0.05, 0) is 57.5 Å². The van der Waals surface area contributed by atoms with Crippen molar-refractivity contribution < 1.29 is 14.4 Å². The van der Waals surface area contributed by atoms with E-state index >= 15 is 0 Å². The second kappa shape index (κ2) is 16.3. The molecular formula is C21H42N5O3. The van der Waals surface area contributed by atoms with Gasteiger partial charge < -0.3 is 27.4 Å². The van der Waals surface area contributed by atoms with Crippen LogP contribution >= 0.6 is 0 Å². The van der Waals surface area contributed by atoms with Gasteiger partial charge in [-0.15, -0.1) is 0 Å². The first-order valence-corrected chi connectivity index (χ1v) is 10.9. The third-order valence-electron chi connectivity index (χ3n) is 4.58. The summed E-state index contributed by atoms with van der Waals surface area (Å²) in [7, 11) is 0. The molecule has 0 aliphatic rings. The van der Waals surface area contributed by atoms with Crippen LogP contribution in [0.25, 0.3) is 0 Å². The summed E-state index contributed by atoms with van der Waals surface area (Å²) in [4.78, 5) is 36.3. The summed E-state index contributed by atoms with van der Waals surface area (Å²) >= 11 is 0. The zero-order chi connectivity index (χ0) is 22.2. The van der Waals surface area contributed by atoms with Crippen molar-refractivity contribution in [2.24, 2.45) is 17.4 Å². The van der Waals surface area contributed by atoms with Gasteiger partial charge in [0.05, 0.1) is 12.1 Å². The quantitative estimate of drug-likeness (QED) is 0.223. The molecule has 0 aromatic heterocycles. The summed E-state index contributed by atoms with van der Waals surface area (Å²) in [5.41, 5.74) is 11.4. The van der Waals surface area contributed by atoms with Crippen LogP contribution in [0.3, 0.4) is 0 Å². The molecule has 0 bridgehead atoms. The van der Waals surface area contributed by atoms with Crippen molar-refractivity contribution in [1.82, 2.24) is 16.0 Å². The molecule has 1 radical (unpaired) electrons. The fourth-order valence-corrected chi connectivity index (χ4v) is 2.92. The van der Waals surface area contributed by atoms with E-state index in [1.807, 2.05) is 20.1 Å². The summed E-state index contributed by atoms with van der Waals surface area (Å²) in [6.07, 6.45) is 6.70. The summed E-state index contributed by atoms with van der Waals surface area (Å²) < 4.78 is 0. The average molecular weight is 413 g/mol. The zero-order valence-electron chi connectivity index (χ0n) is 18.6. The first kappa shape index (κ1) is 27.5. The minimum absolute atomic E-state index is 0.195. The highest BCUT2D eigenvalue weighted by atomic mass is 16.2. The Morgan fingerprint density at radius 1 is 0.931 bits per heavy atom. The van der Waals surface area contributed by atoms with Gasteiger partial charge in [0.25, 0.3) is 0 Å². The van der Waals surface area contributed by atoms with Crippen LogP contribution in [0.2, 0.25) is 0 Å². The summed E-state index contributed by atoms with van der Waals surface area (Å²) in [6, 6.07) is -1.65. The number of hydrogen-bond acceptors (Lipinski definition) is 6.